The minimum atomic E-state index is -0.402. The highest BCUT2D eigenvalue weighted by Crippen LogP contribution is 2.29. The molecule has 0 unspecified atom stereocenters. The van der Waals surface area contributed by atoms with E-state index in [9.17, 15) is 4.79 Å². The molecule has 0 radical (unpaired) electrons. The Bertz CT molecular complexity index is 1610. The average Bonchev–Trinajstić information content (AvgIpc) is 3.08. The van der Waals surface area contributed by atoms with Crippen molar-refractivity contribution in [3.8, 4) is 0 Å². The van der Waals surface area contributed by atoms with E-state index in [2.05, 4.69) is 20.4 Å². The zero-order valence-corrected chi connectivity index (χ0v) is 19.5. The van der Waals surface area contributed by atoms with E-state index in [-0.39, 0.29) is 11.4 Å². The third kappa shape index (κ3) is 4.07. The highest BCUT2D eigenvalue weighted by Gasteiger charge is 2.24. The zero-order chi connectivity index (χ0) is 23.8. The summed E-state index contributed by atoms with van der Waals surface area (Å²) in [6, 6.07) is 20.0. The molecule has 0 aliphatic rings. The molecule has 0 saturated heterocycles. The summed E-state index contributed by atoms with van der Waals surface area (Å²) in [5, 5.41) is 8.23. The molecule has 0 fully saturated rings. The number of carbonyl (C=O) groups excluding carboxylic acids is 1. The Morgan fingerprint density at radius 1 is 1.00 bits per heavy atom. The van der Waals surface area contributed by atoms with Crippen LogP contribution in [0.25, 0.3) is 22.2 Å². The lowest BCUT2D eigenvalue weighted by Gasteiger charge is -2.06. The second-order valence-electron chi connectivity index (χ2n) is 7.70. The number of nitrogens with zero attached hydrogens (tertiary/aromatic N) is 4. The number of halogens is 2. The second kappa shape index (κ2) is 8.78. The molecule has 3 aromatic carbocycles. The van der Waals surface area contributed by atoms with Gasteiger partial charge in [0.15, 0.2) is 5.65 Å². The van der Waals surface area contributed by atoms with Gasteiger partial charge in [0.25, 0.3) is 5.91 Å². The monoisotopic (exact) mass is 488 g/mol. The summed E-state index contributed by atoms with van der Waals surface area (Å²) < 4.78 is 1.41. The molecular weight excluding hydrogens is 471 g/mol. The van der Waals surface area contributed by atoms with Gasteiger partial charge in [0.2, 0.25) is 0 Å². The van der Waals surface area contributed by atoms with Gasteiger partial charge in [-0.2, -0.15) is 9.78 Å². The van der Waals surface area contributed by atoms with Crippen LogP contribution in [0.2, 0.25) is 10.0 Å². The molecule has 0 spiro atoms. The summed E-state index contributed by atoms with van der Waals surface area (Å²) in [4.78, 5) is 22.7. The smallest absolute Gasteiger partial charge is 0.261 e. The van der Waals surface area contributed by atoms with Crippen molar-refractivity contribution < 1.29 is 4.79 Å². The minimum absolute atomic E-state index is 0.117. The van der Waals surface area contributed by atoms with E-state index in [4.69, 9.17) is 28.9 Å². The third-order valence-electron chi connectivity index (χ3n) is 5.24. The van der Waals surface area contributed by atoms with Crippen LogP contribution in [0.5, 0.6) is 0 Å². The van der Waals surface area contributed by atoms with Gasteiger partial charge in [-0.3, -0.25) is 4.79 Å². The van der Waals surface area contributed by atoms with Gasteiger partial charge >= 0.3 is 0 Å². The molecular formula is C25H18Cl2N6O. The molecule has 0 atom stereocenters. The molecule has 2 heterocycles. The maximum absolute atomic E-state index is 13.3. The lowest BCUT2D eigenvalue weighted by Crippen LogP contribution is -2.14. The quantitative estimate of drug-likeness (QED) is 0.307. The molecule has 7 nitrogen and oxygen atoms in total. The number of aryl methyl sites for hydroxylation is 1. The SMILES string of the molecule is Cc1cccc(NC(=O)c2c(N)n(/N=C/c3ccc(Cl)c(Cl)c3)c3nc4ccccc4nc23)c1. The first-order valence-corrected chi connectivity index (χ1v) is 11.1. The van der Waals surface area contributed by atoms with E-state index >= 15 is 0 Å². The number of nitrogens with one attached hydrogen (secondary N) is 1. The summed E-state index contributed by atoms with van der Waals surface area (Å²) in [7, 11) is 0. The number of anilines is 2. The molecule has 1 amide bonds. The number of hydrogen-bond donors (Lipinski definition) is 2. The topological polar surface area (TPSA) is 98.2 Å². The Morgan fingerprint density at radius 2 is 1.76 bits per heavy atom. The Kier molecular flexibility index (Phi) is 5.65. The number of hydrogen-bond acceptors (Lipinski definition) is 5. The van der Waals surface area contributed by atoms with E-state index < -0.39 is 5.91 Å². The van der Waals surface area contributed by atoms with Crippen molar-refractivity contribution in [3.05, 3.63) is 93.5 Å². The fraction of sp³-hybridized carbons (Fsp3) is 0.0400. The third-order valence-corrected chi connectivity index (χ3v) is 5.98. The second-order valence-corrected chi connectivity index (χ2v) is 8.51. The van der Waals surface area contributed by atoms with Crippen molar-refractivity contribution in [3.63, 3.8) is 0 Å². The first kappa shape index (κ1) is 21.9. The predicted molar refractivity (Wildman–Crippen MR) is 138 cm³/mol. The Labute approximate surface area is 204 Å². The normalized spacial score (nSPS) is 11.5. The number of para-hydroxylation sites is 2. The summed E-state index contributed by atoms with van der Waals surface area (Å²) in [5.41, 5.74) is 11.0. The van der Waals surface area contributed by atoms with Crippen LogP contribution >= 0.6 is 23.2 Å². The van der Waals surface area contributed by atoms with E-state index in [0.717, 1.165) is 5.56 Å². The van der Waals surface area contributed by atoms with E-state index in [1.54, 1.807) is 24.4 Å². The molecule has 0 bridgehead atoms. The number of carbonyl (C=O) groups is 1. The molecule has 34 heavy (non-hydrogen) atoms. The molecule has 168 valence electrons. The van der Waals surface area contributed by atoms with Crippen molar-refractivity contribution >= 4 is 69.0 Å². The van der Waals surface area contributed by atoms with Crippen LogP contribution in [-0.2, 0) is 0 Å². The van der Waals surface area contributed by atoms with Crippen molar-refractivity contribution in [1.82, 2.24) is 14.6 Å². The number of rotatable bonds is 4. The highest BCUT2D eigenvalue weighted by molar-refractivity contribution is 6.42. The van der Waals surface area contributed by atoms with Gasteiger partial charge in [-0.15, -0.1) is 0 Å². The summed E-state index contributed by atoms with van der Waals surface area (Å²) in [6.45, 7) is 1.95. The standard InChI is InChI=1S/C25H18Cl2N6O/c1-14-5-4-6-16(11-14)30-25(34)21-22-24(32-20-8-3-2-7-19(20)31-22)33(23(21)28)29-13-15-9-10-17(26)18(27)12-15/h2-13H,28H2,1H3,(H,30,34)/b29-13+. The first-order chi connectivity index (χ1) is 16.4. The van der Waals surface area contributed by atoms with E-state index in [0.29, 0.717) is 43.5 Å². The van der Waals surface area contributed by atoms with Crippen LogP contribution in [0.1, 0.15) is 21.5 Å². The maximum Gasteiger partial charge on any atom is 0.261 e. The maximum atomic E-state index is 13.3. The minimum Gasteiger partial charge on any atom is -0.383 e. The zero-order valence-electron chi connectivity index (χ0n) is 18.0. The Hall–Kier alpha value is -3.94. The van der Waals surface area contributed by atoms with Crippen LogP contribution in [0, 0.1) is 6.92 Å². The lowest BCUT2D eigenvalue weighted by molar-refractivity contribution is 0.102. The lowest BCUT2D eigenvalue weighted by atomic mass is 10.2. The molecule has 2 aromatic heterocycles. The van der Waals surface area contributed by atoms with Gasteiger partial charge < -0.3 is 11.1 Å². The van der Waals surface area contributed by atoms with Gasteiger partial charge in [-0.05, 0) is 54.4 Å². The van der Waals surface area contributed by atoms with Gasteiger partial charge in [-0.1, -0.05) is 53.5 Å². The summed E-state index contributed by atoms with van der Waals surface area (Å²) in [6.07, 6.45) is 1.57. The first-order valence-electron chi connectivity index (χ1n) is 10.3. The molecule has 5 aromatic rings. The number of benzene rings is 3. The van der Waals surface area contributed by atoms with E-state index in [1.165, 1.54) is 4.68 Å². The largest absolute Gasteiger partial charge is 0.383 e. The Morgan fingerprint density at radius 3 is 2.50 bits per heavy atom. The molecule has 9 heteroatoms. The molecule has 0 saturated carbocycles. The van der Waals surface area contributed by atoms with Crippen molar-refractivity contribution in [2.24, 2.45) is 5.10 Å². The number of aromatic nitrogens is 3. The van der Waals surface area contributed by atoms with Gasteiger partial charge in [0.1, 0.15) is 16.9 Å². The van der Waals surface area contributed by atoms with Gasteiger partial charge in [0.05, 0.1) is 27.3 Å². The predicted octanol–water partition coefficient (Wildman–Crippen LogP) is 5.92. The van der Waals surface area contributed by atoms with E-state index in [1.807, 2.05) is 55.5 Å². The molecule has 3 N–H and O–H groups in total. The number of nitrogen functional groups attached to an aromatic ring is 1. The van der Waals surface area contributed by atoms with Crippen LogP contribution in [0.3, 0.4) is 0 Å². The number of nitrogens with two attached hydrogens (primary N) is 1. The molecule has 0 aliphatic carbocycles. The van der Waals surface area contributed by atoms with Gasteiger partial charge in [0, 0.05) is 5.69 Å². The van der Waals surface area contributed by atoms with Crippen molar-refractivity contribution in [1.29, 1.82) is 0 Å². The average molecular weight is 489 g/mol. The highest BCUT2D eigenvalue weighted by atomic mass is 35.5. The fourth-order valence-electron chi connectivity index (χ4n) is 3.62. The van der Waals surface area contributed by atoms with Crippen LogP contribution in [0.15, 0.2) is 71.8 Å². The Balaban J connectivity index is 1.66. The van der Waals surface area contributed by atoms with Gasteiger partial charge in [-0.25, -0.2) is 9.97 Å². The summed E-state index contributed by atoms with van der Waals surface area (Å²) in [5.74, 6) is -0.284. The number of fused-ring (bicyclic) bond motifs is 2. The fourth-order valence-corrected chi connectivity index (χ4v) is 3.93. The summed E-state index contributed by atoms with van der Waals surface area (Å²) >= 11 is 12.1. The van der Waals surface area contributed by atoms with Crippen LogP contribution in [0.4, 0.5) is 11.5 Å². The number of amides is 1. The van der Waals surface area contributed by atoms with Crippen LogP contribution in [-0.4, -0.2) is 26.8 Å². The van der Waals surface area contributed by atoms with Crippen molar-refractivity contribution in [2.45, 2.75) is 6.92 Å². The molecule has 5 rings (SSSR count). The molecule has 0 aliphatic heterocycles. The van der Waals surface area contributed by atoms with Crippen molar-refractivity contribution in [2.75, 3.05) is 11.1 Å². The van der Waals surface area contributed by atoms with Crippen LogP contribution < -0.4 is 11.1 Å².